The van der Waals surface area contributed by atoms with E-state index in [1.807, 2.05) is 0 Å². The van der Waals surface area contributed by atoms with E-state index in [4.69, 9.17) is 4.42 Å². The van der Waals surface area contributed by atoms with Gasteiger partial charge >= 0.3 is 0 Å². The first kappa shape index (κ1) is 37.0. The zero-order valence-electron chi connectivity index (χ0n) is 36.5. The summed E-state index contributed by atoms with van der Waals surface area (Å²) in [6.07, 6.45) is 31.4. The summed E-state index contributed by atoms with van der Waals surface area (Å²) in [5.41, 5.74) is 12.5. The molecule has 0 saturated carbocycles. The van der Waals surface area contributed by atoms with Crippen LogP contribution in [0, 0.1) is 23.2 Å². The molecule has 6 aliphatic rings. The van der Waals surface area contributed by atoms with Gasteiger partial charge in [0.15, 0.2) is 5.58 Å². The van der Waals surface area contributed by atoms with Crippen molar-refractivity contribution in [3.63, 3.8) is 0 Å². The molecule has 1 saturated heterocycles. The van der Waals surface area contributed by atoms with Gasteiger partial charge in [0.1, 0.15) is 5.58 Å². The first-order valence-corrected chi connectivity index (χ1v) is 23.1. The lowest BCUT2D eigenvalue weighted by Crippen LogP contribution is -2.61. The van der Waals surface area contributed by atoms with E-state index >= 15 is 0 Å². The fraction of sp³-hybridized carbons (Fsp3) is 0.233. The molecule has 1 aromatic heterocycles. The van der Waals surface area contributed by atoms with Crippen molar-refractivity contribution in [2.45, 2.75) is 64.1 Å². The molecule has 3 heterocycles. The van der Waals surface area contributed by atoms with Crippen molar-refractivity contribution in [2.24, 2.45) is 23.2 Å². The average Bonchev–Trinajstić information content (AvgIpc) is 3.71. The fourth-order valence-electron chi connectivity index (χ4n) is 13.0. The molecule has 0 amide bonds. The van der Waals surface area contributed by atoms with Gasteiger partial charge in [-0.1, -0.05) is 179 Å². The zero-order valence-corrected chi connectivity index (χ0v) is 36.5. The minimum absolute atomic E-state index is 0.00198. The van der Waals surface area contributed by atoms with Crippen LogP contribution < -0.4 is 9.80 Å². The van der Waals surface area contributed by atoms with E-state index in [0.29, 0.717) is 5.92 Å². The van der Waals surface area contributed by atoms with Gasteiger partial charge < -0.3 is 14.2 Å². The van der Waals surface area contributed by atoms with Crippen molar-refractivity contribution in [3.05, 3.63) is 204 Å². The van der Waals surface area contributed by atoms with Crippen LogP contribution in [-0.2, 0) is 11.8 Å². The molecular formula is C60H52N2O. The molecule has 0 bridgehead atoms. The normalized spacial score (nSPS) is 26.0. The van der Waals surface area contributed by atoms with Crippen molar-refractivity contribution in [1.29, 1.82) is 0 Å². The van der Waals surface area contributed by atoms with E-state index in [9.17, 15) is 0 Å². The van der Waals surface area contributed by atoms with E-state index < -0.39 is 0 Å². The summed E-state index contributed by atoms with van der Waals surface area (Å²) in [5, 5.41) is 7.78. The summed E-state index contributed by atoms with van der Waals surface area (Å²) < 4.78 is 6.71. The smallest absolute Gasteiger partial charge is 0.158 e. The number of allylic oxidation sites excluding steroid dienone is 7. The summed E-state index contributed by atoms with van der Waals surface area (Å²) >= 11 is 0. The van der Waals surface area contributed by atoms with Gasteiger partial charge in [0.25, 0.3) is 0 Å². The van der Waals surface area contributed by atoms with Crippen LogP contribution in [0.3, 0.4) is 0 Å². The molecule has 0 spiro atoms. The molecule has 3 heteroatoms. The summed E-state index contributed by atoms with van der Waals surface area (Å²) in [6.45, 7) is 9.93. The molecule has 4 aliphatic carbocycles. The second kappa shape index (κ2) is 13.5. The molecule has 6 aromatic carbocycles. The van der Waals surface area contributed by atoms with Crippen LogP contribution in [0.25, 0.3) is 49.6 Å². The SMILES string of the molecule is CC1(C)c2ccccc2N(c2ccc3c4c(c5ccccc5c3c2)C=CCC4)C2C=CC(C3=CC4C(C=C3)N(c3cccc5c3oc3ccccc35)C3C=CC=CC3C4(C)C)=CC21. The molecule has 0 radical (unpaired) electrons. The third kappa shape index (κ3) is 5.26. The first-order valence-electron chi connectivity index (χ1n) is 23.1. The molecule has 7 aromatic rings. The van der Waals surface area contributed by atoms with Crippen LogP contribution in [0.1, 0.15) is 50.8 Å². The van der Waals surface area contributed by atoms with E-state index in [2.05, 4.69) is 220 Å². The van der Waals surface area contributed by atoms with Crippen molar-refractivity contribution in [3.8, 4) is 0 Å². The monoisotopic (exact) mass is 816 g/mol. The number of anilines is 3. The van der Waals surface area contributed by atoms with Gasteiger partial charge in [0.2, 0.25) is 0 Å². The maximum absolute atomic E-state index is 6.71. The van der Waals surface area contributed by atoms with E-state index in [1.54, 1.807) is 0 Å². The minimum atomic E-state index is -0.0944. The quantitative estimate of drug-likeness (QED) is 0.166. The number of hydrogen-bond acceptors (Lipinski definition) is 3. The van der Waals surface area contributed by atoms with E-state index in [0.717, 1.165) is 24.0 Å². The molecule has 2 aliphatic heterocycles. The van der Waals surface area contributed by atoms with Crippen LogP contribution in [0.15, 0.2) is 192 Å². The number of fused-ring (bicyclic) bond motifs is 13. The maximum Gasteiger partial charge on any atom is 0.158 e. The standard InChI is InChI=1S/C60H52N2O/c1-59(2)48-22-10-12-24-52(48)61(39-30-31-44-42-18-6-5-16-40(42)41-17-7-8-19-43(41)47(44)36-39)54-32-28-37(34-50(54)59)38-29-33-55-51(35-38)60(3,4)49-23-11-13-25-53(49)62(55)56-26-15-21-46-45-20-9-14-27-57(45)63-58(46)56/h5,7-17,19-36,49-51,53-55H,6,18H2,1-4H3. The van der Waals surface area contributed by atoms with E-state index in [-0.39, 0.29) is 40.8 Å². The molecule has 0 N–H and O–H groups in total. The Morgan fingerprint density at radius 3 is 2.13 bits per heavy atom. The summed E-state index contributed by atoms with van der Waals surface area (Å²) in [6, 6.07) is 41.2. The number of nitrogens with zero attached hydrogens (tertiary/aromatic N) is 2. The lowest BCUT2D eigenvalue weighted by atomic mass is 9.58. The highest BCUT2D eigenvalue weighted by Crippen LogP contribution is 2.56. The molecule has 6 unspecified atom stereocenters. The Morgan fingerprint density at radius 1 is 0.556 bits per heavy atom. The van der Waals surface area contributed by atoms with Gasteiger partial charge in [-0.05, 0) is 98.0 Å². The third-order valence-corrected chi connectivity index (χ3v) is 16.1. The maximum atomic E-state index is 6.71. The van der Waals surface area contributed by atoms with Gasteiger partial charge in [0, 0.05) is 45.3 Å². The highest BCUT2D eigenvalue weighted by atomic mass is 16.3. The van der Waals surface area contributed by atoms with Crippen molar-refractivity contribution < 1.29 is 4.42 Å². The Balaban J connectivity index is 0.913. The third-order valence-electron chi connectivity index (χ3n) is 16.1. The molecular weight excluding hydrogens is 765 g/mol. The van der Waals surface area contributed by atoms with Crippen LogP contribution in [-0.4, -0.2) is 18.1 Å². The number of benzene rings is 6. The molecule has 3 nitrogen and oxygen atoms in total. The van der Waals surface area contributed by atoms with Gasteiger partial charge in [-0.2, -0.15) is 0 Å². The van der Waals surface area contributed by atoms with Crippen molar-refractivity contribution in [1.82, 2.24) is 0 Å². The van der Waals surface area contributed by atoms with Crippen molar-refractivity contribution >= 4 is 66.6 Å². The Labute approximate surface area is 370 Å². The first-order chi connectivity index (χ1) is 30.8. The molecule has 6 atom stereocenters. The summed E-state index contributed by atoms with van der Waals surface area (Å²) in [7, 11) is 0. The fourth-order valence-corrected chi connectivity index (χ4v) is 13.0. The summed E-state index contributed by atoms with van der Waals surface area (Å²) in [4.78, 5) is 5.32. The van der Waals surface area contributed by atoms with E-state index in [1.165, 1.54) is 77.2 Å². The highest BCUT2D eigenvalue weighted by Gasteiger charge is 2.53. The van der Waals surface area contributed by atoms with Crippen LogP contribution in [0.2, 0.25) is 0 Å². The largest absolute Gasteiger partial charge is 0.454 e. The van der Waals surface area contributed by atoms with Gasteiger partial charge in [-0.15, -0.1) is 0 Å². The average molecular weight is 817 g/mol. The second-order valence-electron chi connectivity index (χ2n) is 20.0. The Morgan fingerprint density at radius 2 is 1.25 bits per heavy atom. The summed E-state index contributed by atoms with van der Waals surface area (Å²) in [5.74, 6) is 0.848. The van der Waals surface area contributed by atoms with Crippen molar-refractivity contribution in [2.75, 3.05) is 9.80 Å². The lowest BCUT2D eigenvalue weighted by molar-refractivity contribution is 0.108. The number of rotatable bonds is 3. The number of hydrogen-bond donors (Lipinski definition) is 0. The van der Waals surface area contributed by atoms with Gasteiger partial charge in [-0.25, -0.2) is 0 Å². The number of para-hydroxylation sites is 3. The Kier molecular flexibility index (Phi) is 7.91. The predicted octanol–water partition coefficient (Wildman–Crippen LogP) is 14.9. The second-order valence-corrected chi connectivity index (χ2v) is 20.0. The molecule has 1 fully saturated rings. The topological polar surface area (TPSA) is 19.6 Å². The molecule has 63 heavy (non-hydrogen) atoms. The number of aryl methyl sites for hydroxylation is 1. The Bertz CT molecular complexity index is 3300. The van der Waals surface area contributed by atoms with Crippen LogP contribution in [0.5, 0.6) is 0 Å². The predicted molar refractivity (Wildman–Crippen MR) is 265 cm³/mol. The highest BCUT2D eigenvalue weighted by molar-refractivity contribution is 6.14. The number of piperidine rings is 1. The minimum Gasteiger partial charge on any atom is -0.454 e. The lowest BCUT2D eigenvalue weighted by Gasteiger charge is -2.58. The molecule has 308 valence electrons. The van der Waals surface area contributed by atoms with Crippen LogP contribution >= 0.6 is 0 Å². The number of furan rings is 1. The Hall–Kier alpha value is -6.58. The zero-order chi connectivity index (χ0) is 42.2. The molecule has 13 rings (SSSR count). The van der Waals surface area contributed by atoms with Gasteiger partial charge in [0.05, 0.1) is 23.8 Å². The van der Waals surface area contributed by atoms with Crippen LogP contribution in [0.4, 0.5) is 17.1 Å². The van der Waals surface area contributed by atoms with Gasteiger partial charge in [-0.3, -0.25) is 0 Å².